The SMILES string of the molecule is COCCc1ccc(-c2csc(N3CCNCC3)n2)cc1. The second-order valence-corrected chi connectivity index (χ2v) is 6.03. The molecule has 0 spiro atoms. The highest BCUT2D eigenvalue weighted by Gasteiger charge is 2.14. The first-order chi connectivity index (χ1) is 10.4. The predicted molar refractivity (Wildman–Crippen MR) is 88.2 cm³/mol. The topological polar surface area (TPSA) is 37.4 Å². The number of aromatic nitrogens is 1. The average Bonchev–Trinajstić information content (AvgIpc) is 3.04. The molecule has 2 heterocycles. The lowest BCUT2D eigenvalue weighted by Gasteiger charge is -2.26. The van der Waals surface area contributed by atoms with Crippen LogP contribution in [0.5, 0.6) is 0 Å². The van der Waals surface area contributed by atoms with Gasteiger partial charge in [0, 0.05) is 44.2 Å². The number of nitrogens with zero attached hydrogens (tertiary/aromatic N) is 2. The van der Waals surface area contributed by atoms with E-state index < -0.39 is 0 Å². The fraction of sp³-hybridized carbons (Fsp3) is 0.438. The van der Waals surface area contributed by atoms with Gasteiger partial charge in [-0.25, -0.2) is 4.98 Å². The van der Waals surface area contributed by atoms with E-state index in [-0.39, 0.29) is 0 Å². The van der Waals surface area contributed by atoms with Gasteiger partial charge in [0.1, 0.15) is 0 Å². The van der Waals surface area contributed by atoms with E-state index >= 15 is 0 Å². The van der Waals surface area contributed by atoms with E-state index in [1.54, 1.807) is 18.4 Å². The fourth-order valence-corrected chi connectivity index (χ4v) is 3.35. The third kappa shape index (κ3) is 3.61. The molecule has 1 aromatic heterocycles. The molecule has 2 aromatic rings. The van der Waals surface area contributed by atoms with Crippen molar-refractivity contribution >= 4 is 16.5 Å². The van der Waals surface area contributed by atoms with Crippen LogP contribution >= 0.6 is 11.3 Å². The minimum absolute atomic E-state index is 0.767. The first-order valence-electron chi connectivity index (χ1n) is 7.36. The Morgan fingerprint density at radius 2 is 2.00 bits per heavy atom. The van der Waals surface area contributed by atoms with Crippen LogP contribution in [0.4, 0.5) is 5.13 Å². The normalized spacial score (nSPS) is 15.4. The molecule has 1 saturated heterocycles. The zero-order chi connectivity index (χ0) is 14.5. The van der Waals surface area contributed by atoms with Gasteiger partial charge < -0.3 is 15.0 Å². The second kappa shape index (κ2) is 7.02. The van der Waals surface area contributed by atoms with Gasteiger partial charge in [0.25, 0.3) is 0 Å². The quantitative estimate of drug-likeness (QED) is 0.920. The Labute approximate surface area is 129 Å². The molecule has 1 aromatic carbocycles. The van der Waals surface area contributed by atoms with E-state index in [4.69, 9.17) is 9.72 Å². The number of methoxy groups -OCH3 is 1. The molecule has 112 valence electrons. The molecule has 5 heteroatoms. The first kappa shape index (κ1) is 14.5. The molecule has 21 heavy (non-hydrogen) atoms. The lowest BCUT2D eigenvalue weighted by Crippen LogP contribution is -2.43. The van der Waals surface area contributed by atoms with Crippen LogP contribution in [0.2, 0.25) is 0 Å². The number of rotatable bonds is 5. The molecule has 1 fully saturated rings. The van der Waals surface area contributed by atoms with Gasteiger partial charge in [0.2, 0.25) is 0 Å². The molecule has 3 rings (SSSR count). The number of nitrogens with one attached hydrogen (secondary N) is 1. The number of ether oxygens (including phenoxy) is 1. The molecule has 0 unspecified atom stereocenters. The first-order valence-corrected chi connectivity index (χ1v) is 8.24. The van der Waals surface area contributed by atoms with Gasteiger partial charge in [-0.2, -0.15) is 0 Å². The Morgan fingerprint density at radius 3 is 2.71 bits per heavy atom. The molecule has 4 nitrogen and oxygen atoms in total. The van der Waals surface area contributed by atoms with Crippen molar-refractivity contribution in [3.8, 4) is 11.3 Å². The minimum Gasteiger partial charge on any atom is -0.384 e. The average molecular weight is 303 g/mol. The summed E-state index contributed by atoms with van der Waals surface area (Å²) in [4.78, 5) is 7.15. The van der Waals surface area contributed by atoms with E-state index in [0.29, 0.717) is 0 Å². The van der Waals surface area contributed by atoms with Gasteiger partial charge in [0.05, 0.1) is 12.3 Å². The van der Waals surface area contributed by atoms with Crippen molar-refractivity contribution in [2.24, 2.45) is 0 Å². The minimum atomic E-state index is 0.767. The molecular formula is C16H21N3OS. The van der Waals surface area contributed by atoms with Crippen molar-refractivity contribution in [2.45, 2.75) is 6.42 Å². The van der Waals surface area contributed by atoms with Crippen LogP contribution in [0.25, 0.3) is 11.3 Å². The Morgan fingerprint density at radius 1 is 1.24 bits per heavy atom. The van der Waals surface area contributed by atoms with Gasteiger partial charge >= 0.3 is 0 Å². The number of thiazole rings is 1. The van der Waals surface area contributed by atoms with Crippen molar-refractivity contribution in [2.75, 3.05) is 44.8 Å². The highest BCUT2D eigenvalue weighted by Crippen LogP contribution is 2.27. The molecule has 0 amide bonds. The lowest BCUT2D eigenvalue weighted by molar-refractivity contribution is 0.202. The smallest absolute Gasteiger partial charge is 0.185 e. The molecule has 1 aliphatic rings. The highest BCUT2D eigenvalue weighted by atomic mass is 32.1. The zero-order valence-corrected chi connectivity index (χ0v) is 13.2. The van der Waals surface area contributed by atoms with Crippen LogP contribution < -0.4 is 10.2 Å². The molecule has 0 saturated carbocycles. The van der Waals surface area contributed by atoms with Gasteiger partial charge in [-0.15, -0.1) is 11.3 Å². The van der Waals surface area contributed by atoms with Crippen LogP contribution in [-0.2, 0) is 11.2 Å². The summed E-state index contributed by atoms with van der Waals surface area (Å²) < 4.78 is 5.11. The Kier molecular flexibility index (Phi) is 4.85. The summed E-state index contributed by atoms with van der Waals surface area (Å²) in [6, 6.07) is 8.64. The highest BCUT2D eigenvalue weighted by molar-refractivity contribution is 7.14. The van der Waals surface area contributed by atoms with Crippen LogP contribution in [0.15, 0.2) is 29.6 Å². The molecule has 0 bridgehead atoms. The van der Waals surface area contributed by atoms with Crippen molar-refractivity contribution in [1.29, 1.82) is 0 Å². The van der Waals surface area contributed by atoms with Gasteiger partial charge in [-0.05, 0) is 12.0 Å². The third-order valence-electron chi connectivity index (χ3n) is 3.72. The maximum absolute atomic E-state index is 5.11. The monoisotopic (exact) mass is 303 g/mol. The number of benzene rings is 1. The summed E-state index contributed by atoms with van der Waals surface area (Å²) in [5.74, 6) is 0. The maximum Gasteiger partial charge on any atom is 0.185 e. The van der Waals surface area contributed by atoms with Crippen molar-refractivity contribution in [1.82, 2.24) is 10.3 Å². The van der Waals surface area contributed by atoms with Crippen molar-refractivity contribution in [3.63, 3.8) is 0 Å². The zero-order valence-electron chi connectivity index (χ0n) is 12.3. The predicted octanol–water partition coefficient (Wildman–Crippen LogP) is 2.41. The van der Waals surface area contributed by atoms with E-state index in [9.17, 15) is 0 Å². The Bertz CT molecular complexity index is 561. The Hall–Kier alpha value is -1.43. The molecule has 0 radical (unpaired) electrons. The van der Waals surface area contributed by atoms with Crippen LogP contribution in [0, 0.1) is 0 Å². The van der Waals surface area contributed by atoms with Gasteiger partial charge in [-0.3, -0.25) is 0 Å². The largest absolute Gasteiger partial charge is 0.384 e. The van der Waals surface area contributed by atoms with E-state index in [2.05, 4.69) is 39.9 Å². The fourth-order valence-electron chi connectivity index (χ4n) is 2.46. The molecular weight excluding hydrogens is 282 g/mol. The van der Waals surface area contributed by atoms with Crippen molar-refractivity contribution in [3.05, 3.63) is 35.2 Å². The number of hydrogen-bond acceptors (Lipinski definition) is 5. The third-order valence-corrected chi connectivity index (χ3v) is 4.63. The van der Waals surface area contributed by atoms with Crippen molar-refractivity contribution < 1.29 is 4.74 Å². The molecule has 0 atom stereocenters. The standard InChI is InChI=1S/C16H21N3OS/c1-20-11-6-13-2-4-14(5-3-13)15-12-21-16(18-15)19-9-7-17-8-10-19/h2-5,12,17H,6-11H2,1H3. The van der Waals surface area contributed by atoms with Gasteiger partial charge in [-0.1, -0.05) is 24.3 Å². The summed E-state index contributed by atoms with van der Waals surface area (Å²) in [6.45, 7) is 4.95. The number of piperazine rings is 1. The number of hydrogen-bond donors (Lipinski definition) is 1. The second-order valence-electron chi connectivity index (χ2n) is 5.19. The maximum atomic E-state index is 5.11. The summed E-state index contributed by atoms with van der Waals surface area (Å²) in [5.41, 5.74) is 3.57. The van der Waals surface area contributed by atoms with Crippen LogP contribution in [0.3, 0.4) is 0 Å². The summed E-state index contributed by atoms with van der Waals surface area (Å²) in [5, 5.41) is 6.66. The molecule has 0 aliphatic carbocycles. The molecule has 1 N–H and O–H groups in total. The van der Waals surface area contributed by atoms with Gasteiger partial charge in [0.15, 0.2) is 5.13 Å². The number of anilines is 1. The lowest BCUT2D eigenvalue weighted by atomic mass is 10.1. The van der Waals surface area contributed by atoms with E-state index in [1.807, 2.05) is 0 Å². The van der Waals surface area contributed by atoms with E-state index in [0.717, 1.165) is 50.0 Å². The van der Waals surface area contributed by atoms with E-state index in [1.165, 1.54) is 11.1 Å². The summed E-state index contributed by atoms with van der Waals surface area (Å²) in [6.07, 6.45) is 0.958. The molecule has 1 aliphatic heterocycles. The van der Waals surface area contributed by atoms with Crippen LogP contribution in [-0.4, -0.2) is 44.9 Å². The van der Waals surface area contributed by atoms with Crippen LogP contribution in [0.1, 0.15) is 5.56 Å². The Balaban J connectivity index is 1.70. The summed E-state index contributed by atoms with van der Waals surface area (Å²) in [7, 11) is 1.74. The summed E-state index contributed by atoms with van der Waals surface area (Å²) >= 11 is 1.74.